The van der Waals surface area contributed by atoms with Gasteiger partial charge in [-0.15, -0.1) is 11.3 Å². The molecule has 5 nitrogen and oxygen atoms in total. The Labute approximate surface area is 160 Å². The number of thiophene rings is 1. The zero-order chi connectivity index (χ0) is 18.5. The van der Waals surface area contributed by atoms with Gasteiger partial charge in [0.2, 0.25) is 0 Å². The third kappa shape index (κ3) is 7.99. The predicted octanol–water partition coefficient (Wildman–Crippen LogP) is 3.56. The molecule has 0 aliphatic heterocycles. The highest BCUT2D eigenvalue weighted by Crippen LogP contribution is 2.09. The van der Waals surface area contributed by atoms with Crippen LogP contribution in [-0.2, 0) is 29.2 Å². The number of hydrogen-bond donors (Lipinski definition) is 2. The summed E-state index contributed by atoms with van der Waals surface area (Å²) in [6.45, 7) is 8.90. The van der Waals surface area contributed by atoms with Crippen molar-refractivity contribution in [1.82, 2.24) is 10.6 Å². The lowest BCUT2D eigenvalue weighted by molar-refractivity contribution is 0.0453. The SMILES string of the molecule is CCNC(=NCc1cccc(COCCOCC)c1)NCc1cccs1. The normalized spacial score (nSPS) is 11.5. The largest absolute Gasteiger partial charge is 0.379 e. The van der Waals surface area contributed by atoms with E-state index >= 15 is 0 Å². The van der Waals surface area contributed by atoms with E-state index in [0.717, 1.165) is 31.2 Å². The van der Waals surface area contributed by atoms with Crippen molar-refractivity contribution in [2.75, 3.05) is 26.4 Å². The number of nitrogens with one attached hydrogen (secondary N) is 2. The van der Waals surface area contributed by atoms with Gasteiger partial charge in [0.15, 0.2) is 5.96 Å². The third-order valence-electron chi connectivity index (χ3n) is 3.61. The van der Waals surface area contributed by atoms with E-state index in [0.29, 0.717) is 26.4 Å². The molecule has 0 unspecified atom stereocenters. The molecule has 26 heavy (non-hydrogen) atoms. The van der Waals surface area contributed by atoms with Crippen molar-refractivity contribution in [1.29, 1.82) is 0 Å². The molecule has 1 aromatic carbocycles. The highest BCUT2D eigenvalue weighted by Gasteiger charge is 2.01. The highest BCUT2D eigenvalue weighted by molar-refractivity contribution is 7.09. The van der Waals surface area contributed by atoms with Gasteiger partial charge in [0.1, 0.15) is 0 Å². The summed E-state index contributed by atoms with van der Waals surface area (Å²) in [5, 5.41) is 8.75. The van der Waals surface area contributed by atoms with Crippen LogP contribution in [0.4, 0.5) is 0 Å². The molecular weight excluding hydrogens is 346 g/mol. The van der Waals surface area contributed by atoms with Crippen molar-refractivity contribution in [3.05, 3.63) is 57.8 Å². The fourth-order valence-electron chi connectivity index (χ4n) is 2.37. The summed E-state index contributed by atoms with van der Waals surface area (Å²) in [4.78, 5) is 5.98. The Morgan fingerprint density at radius 1 is 1.04 bits per heavy atom. The van der Waals surface area contributed by atoms with Crippen molar-refractivity contribution < 1.29 is 9.47 Å². The van der Waals surface area contributed by atoms with Crippen LogP contribution in [0.1, 0.15) is 29.9 Å². The Morgan fingerprint density at radius 2 is 1.88 bits per heavy atom. The zero-order valence-corrected chi connectivity index (χ0v) is 16.5. The van der Waals surface area contributed by atoms with Crippen molar-refractivity contribution in [3.63, 3.8) is 0 Å². The average Bonchev–Trinajstić information content (AvgIpc) is 3.18. The maximum Gasteiger partial charge on any atom is 0.191 e. The van der Waals surface area contributed by atoms with Gasteiger partial charge in [-0.2, -0.15) is 0 Å². The summed E-state index contributed by atoms with van der Waals surface area (Å²) in [5.41, 5.74) is 2.33. The Morgan fingerprint density at radius 3 is 2.65 bits per heavy atom. The number of benzene rings is 1. The number of aliphatic imine (C=N–C) groups is 1. The molecule has 2 rings (SSSR count). The monoisotopic (exact) mass is 375 g/mol. The Bertz CT molecular complexity index is 644. The zero-order valence-electron chi connectivity index (χ0n) is 15.7. The molecule has 1 aromatic heterocycles. The van der Waals surface area contributed by atoms with Crippen molar-refractivity contribution in [3.8, 4) is 0 Å². The first-order valence-electron chi connectivity index (χ1n) is 9.09. The molecule has 2 N–H and O–H groups in total. The standard InChI is InChI=1S/C20H29N3O2S/c1-3-21-20(23-15-19-9-6-12-26-19)22-14-17-7-5-8-18(13-17)16-25-11-10-24-4-2/h5-9,12-13H,3-4,10-11,14-16H2,1-2H3,(H2,21,22,23). The second kappa shape index (κ2) is 12.5. The molecule has 0 atom stereocenters. The van der Waals surface area contributed by atoms with Gasteiger partial charge in [0.05, 0.1) is 32.9 Å². The van der Waals surface area contributed by atoms with Gasteiger partial charge < -0.3 is 20.1 Å². The Kier molecular flexibility index (Phi) is 9.79. The van der Waals surface area contributed by atoms with Crippen LogP contribution in [0.2, 0.25) is 0 Å². The highest BCUT2D eigenvalue weighted by atomic mass is 32.1. The fourth-order valence-corrected chi connectivity index (χ4v) is 3.01. The van der Waals surface area contributed by atoms with Crippen LogP contribution in [0.25, 0.3) is 0 Å². The van der Waals surface area contributed by atoms with E-state index in [1.807, 2.05) is 6.92 Å². The lowest BCUT2D eigenvalue weighted by Crippen LogP contribution is -2.36. The molecule has 2 aromatic rings. The van der Waals surface area contributed by atoms with E-state index < -0.39 is 0 Å². The summed E-state index contributed by atoms with van der Waals surface area (Å²) in [6.07, 6.45) is 0. The Balaban J connectivity index is 1.84. The van der Waals surface area contributed by atoms with Crippen molar-refractivity contribution in [2.45, 2.75) is 33.5 Å². The van der Waals surface area contributed by atoms with Crippen LogP contribution in [-0.4, -0.2) is 32.3 Å². The van der Waals surface area contributed by atoms with Crippen LogP contribution < -0.4 is 10.6 Å². The minimum Gasteiger partial charge on any atom is -0.379 e. The van der Waals surface area contributed by atoms with Gasteiger partial charge in [-0.3, -0.25) is 0 Å². The van der Waals surface area contributed by atoms with Gasteiger partial charge in [0, 0.05) is 18.0 Å². The summed E-state index contributed by atoms with van der Waals surface area (Å²) in [5.74, 6) is 0.833. The summed E-state index contributed by atoms with van der Waals surface area (Å²) < 4.78 is 10.9. The second-order valence-corrected chi connectivity index (χ2v) is 6.73. The molecule has 6 heteroatoms. The molecule has 0 saturated heterocycles. The van der Waals surface area contributed by atoms with Crippen LogP contribution in [0, 0.1) is 0 Å². The third-order valence-corrected chi connectivity index (χ3v) is 4.49. The number of nitrogens with zero attached hydrogens (tertiary/aromatic N) is 1. The molecular formula is C20H29N3O2S. The van der Waals surface area contributed by atoms with Gasteiger partial charge in [-0.1, -0.05) is 30.3 Å². The van der Waals surface area contributed by atoms with Gasteiger partial charge in [-0.05, 0) is 36.4 Å². The molecule has 0 aliphatic rings. The summed E-state index contributed by atoms with van der Waals surface area (Å²) >= 11 is 1.74. The second-order valence-electron chi connectivity index (χ2n) is 5.70. The molecule has 0 saturated carbocycles. The van der Waals surface area contributed by atoms with Gasteiger partial charge >= 0.3 is 0 Å². The van der Waals surface area contributed by atoms with E-state index in [4.69, 9.17) is 9.47 Å². The lowest BCUT2D eigenvalue weighted by atomic mass is 10.1. The maximum atomic E-state index is 5.64. The maximum absolute atomic E-state index is 5.64. The van der Waals surface area contributed by atoms with Crippen LogP contribution >= 0.6 is 11.3 Å². The molecule has 0 fully saturated rings. The molecule has 0 radical (unpaired) electrons. The molecule has 1 heterocycles. The molecule has 142 valence electrons. The van der Waals surface area contributed by atoms with E-state index in [9.17, 15) is 0 Å². The Hall–Kier alpha value is -1.89. The summed E-state index contributed by atoms with van der Waals surface area (Å²) in [7, 11) is 0. The lowest BCUT2D eigenvalue weighted by Gasteiger charge is -2.11. The topological polar surface area (TPSA) is 54.9 Å². The molecule has 0 aliphatic carbocycles. The van der Waals surface area contributed by atoms with Crippen molar-refractivity contribution >= 4 is 17.3 Å². The minimum atomic E-state index is 0.599. The van der Waals surface area contributed by atoms with E-state index in [2.05, 4.69) is 64.3 Å². The first-order valence-corrected chi connectivity index (χ1v) is 9.97. The smallest absolute Gasteiger partial charge is 0.191 e. The number of rotatable bonds is 11. The summed E-state index contributed by atoms with van der Waals surface area (Å²) in [6, 6.07) is 12.6. The van der Waals surface area contributed by atoms with Crippen molar-refractivity contribution in [2.24, 2.45) is 4.99 Å². The molecule has 0 bridgehead atoms. The van der Waals surface area contributed by atoms with E-state index in [1.165, 1.54) is 10.4 Å². The number of ether oxygens (including phenoxy) is 2. The molecule has 0 spiro atoms. The van der Waals surface area contributed by atoms with Gasteiger partial charge in [0.25, 0.3) is 0 Å². The predicted molar refractivity (Wildman–Crippen MR) is 109 cm³/mol. The van der Waals surface area contributed by atoms with Gasteiger partial charge in [-0.25, -0.2) is 4.99 Å². The van der Waals surface area contributed by atoms with Crippen LogP contribution in [0.5, 0.6) is 0 Å². The average molecular weight is 376 g/mol. The first-order chi connectivity index (χ1) is 12.8. The van der Waals surface area contributed by atoms with E-state index in [1.54, 1.807) is 11.3 Å². The molecule has 0 amide bonds. The number of guanidine groups is 1. The number of hydrogen-bond acceptors (Lipinski definition) is 4. The minimum absolute atomic E-state index is 0.599. The van der Waals surface area contributed by atoms with E-state index in [-0.39, 0.29) is 0 Å². The quantitative estimate of drug-likeness (QED) is 0.358. The van der Waals surface area contributed by atoms with Crippen LogP contribution in [0.3, 0.4) is 0 Å². The fraction of sp³-hybridized carbons (Fsp3) is 0.450. The van der Waals surface area contributed by atoms with Crippen LogP contribution in [0.15, 0.2) is 46.8 Å². The first kappa shape index (κ1) is 20.4.